The lowest BCUT2D eigenvalue weighted by molar-refractivity contribution is -0.135. The first-order valence-electron chi connectivity index (χ1n) is 15.4. The van der Waals surface area contributed by atoms with Gasteiger partial charge in [0.15, 0.2) is 0 Å². The first-order valence-corrected chi connectivity index (χ1v) is 16.8. The van der Waals surface area contributed by atoms with E-state index < -0.39 is 62.1 Å². The number of carboxylic acids is 2. The van der Waals surface area contributed by atoms with Crippen LogP contribution >= 0.6 is 0 Å². The van der Waals surface area contributed by atoms with Gasteiger partial charge in [-0.05, 0) is 49.7 Å². The summed E-state index contributed by atoms with van der Waals surface area (Å²) in [6.07, 6.45) is 3.36. The van der Waals surface area contributed by atoms with Crippen LogP contribution in [0.15, 0.2) is 72.6 Å². The van der Waals surface area contributed by atoms with E-state index in [1.54, 1.807) is 20.0 Å². The normalized spacial score (nSPS) is 17.8. The number of rotatable bonds is 14. The molecule has 3 rings (SSSR count). The molecule has 2 fully saturated rings. The van der Waals surface area contributed by atoms with Crippen molar-refractivity contribution in [2.45, 2.75) is 30.4 Å². The highest BCUT2D eigenvalue weighted by molar-refractivity contribution is 7.86. The number of aryl methyl sites for hydroxylation is 1. The van der Waals surface area contributed by atoms with E-state index in [4.69, 9.17) is 14.6 Å². The third-order valence-corrected chi connectivity index (χ3v) is 8.49. The van der Waals surface area contributed by atoms with Gasteiger partial charge in [0.2, 0.25) is 5.91 Å². The Hall–Kier alpha value is -4.98. The van der Waals surface area contributed by atoms with E-state index in [2.05, 4.69) is 42.3 Å². The van der Waals surface area contributed by atoms with Crippen molar-refractivity contribution in [1.82, 2.24) is 25.8 Å². The van der Waals surface area contributed by atoms with E-state index in [1.807, 2.05) is 4.90 Å². The lowest BCUT2D eigenvalue weighted by atomic mass is 9.98. The summed E-state index contributed by atoms with van der Waals surface area (Å²) in [5, 5.41) is 25.4. The van der Waals surface area contributed by atoms with Gasteiger partial charge in [-0.1, -0.05) is 44.0 Å². The monoisotopic (exact) mass is 733 g/mol. The van der Waals surface area contributed by atoms with Crippen LogP contribution in [0.5, 0.6) is 0 Å². The van der Waals surface area contributed by atoms with Crippen LogP contribution in [0.4, 0.5) is 0 Å². The molecular formula is C33H43N5O12S. The number of hydrogen-bond donors (Lipinski definition) is 6. The first-order chi connectivity index (χ1) is 23.9. The minimum atomic E-state index is -4.71. The Morgan fingerprint density at radius 3 is 2.29 bits per heavy atom. The molecule has 2 saturated heterocycles. The Balaban J connectivity index is 0.000000361. The van der Waals surface area contributed by atoms with E-state index in [0.717, 1.165) is 29.7 Å². The molecule has 1 aromatic rings. The molecular weight excluding hydrogens is 690 g/mol. The van der Waals surface area contributed by atoms with Gasteiger partial charge in [-0.2, -0.15) is 8.42 Å². The van der Waals surface area contributed by atoms with Crippen molar-refractivity contribution in [3.05, 3.63) is 84.4 Å². The predicted octanol–water partition coefficient (Wildman–Crippen LogP) is 0.580. The van der Waals surface area contributed by atoms with E-state index in [1.165, 1.54) is 6.07 Å². The van der Waals surface area contributed by atoms with Crippen LogP contribution in [0, 0.1) is 6.92 Å². The van der Waals surface area contributed by atoms with E-state index in [9.17, 15) is 42.0 Å². The second-order valence-electron chi connectivity index (χ2n) is 11.2. The van der Waals surface area contributed by atoms with Crippen molar-refractivity contribution >= 4 is 45.9 Å². The van der Waals surface area contributed by atoms with Gasteiger partial charge in [-0.3, -0.25) is 23.8 Å². The van der Waals surface area contributed by atoms with Crippen molar-refractivity contribution in [1.29, 1.82) is 0 Å². The third kappa shape index (κ3) is 12.7. The summed E-state index contributed by atoms with van der Waals surface area (Å²) in [6, 6.07) is 2.58. The quantitative estimate of drug-likeness (QED) is 0.113. The maximum Gasteiger partial charge on any atom is 0.352 e. The van der Waals surface area contributed by atoms with Crippen LogP contribution in [0.25, 0.3) is 6.08 Å². The Labute approximate surface area is 295 Å². The molecule has 17 nitrogen and oxygen atoms in total. The van der Waals surface area contributed by atoms with Gasteiger partial charge < -0.3 is 40.5 Å². The summed E-state index contributed by atoms with van der Waals surface area (Å²) >= 11 is 0. The number of nitrogens with zero attached hydrogens (tertiary/aromatic N) is 2. The Kier molecular flexibility index (Phi) is 16.1. The van der Waals surface area contributed by atoms with Gasteiger partial charge in [0.25, 0.3) is 21.9 Å². The number of morpholine rings is 2. The fourth-order valence-electron chi connectivity index (χ4n) is 4.94. The van der Waals surface area contributed by atoms with Gasteiger partial charge >= 0.3 is 11.9 Å². The molecule has 6 N–H and O–H groups in total. The molecule has 278 valence electrons. The average Bonchev–Trinajstić information content (AvgIpc) is 3.07. The fraction of sp³-hybridized carbons (Fsp3) is 0.364. The number of nitrogens with one attached hydrogen (secondary N) is 3. The zero-order chi connectivity index (χ0) is 38.5. The first kappa shape index (κ1) is 42.2. The van der Waals surface area contributed by atoms with Gasteiger partial charge in [0.05, 0.1) is 32.0 Å². The van der Waals surface area contributed by atoms with Gasteiger partial charge in [-0.25, -0.2) is 9.59 Å². The maximum atomic E-state index is 12.2. The number of aliphatic carboxylic acids is 2. The summed E-state index contributed by atoms with van der Waals surface area (Å²) < 4.78 is 45.2. The van der Waals surface area contributed by atoms with Crippen molar-refractivity contribution in [3.8, 4) is 0 Å². The number of amides is 3. The second kappa shape index (κ2) is 19.4. The summed E-state index contributed by atoms with van der Waals surface area (Å²) in [7, 11) is -2.91. The van der Waals surface area contributed by atoms with Gasteiger partial charge in [-0.15, -0.1) is 0 Å². The molecule has 2 aliphatic rings. The summed E-state index contributed by atoms with van der Waals surface area (Å²) in [5.74, 6) is -4.92. The number of ether oxygens (including phenoxy) is 2. The molecule has 2 unspecified atom stereocenters. The maximum absolute atomic E-state index is 12.2. The smallest absolute Gasteiger partial charge is 0.352 e. The fourth-order valence-corrected chi connectivity index (χ4v) is 5.85. The third-order valence-electron chi connectivity index (χ3n) is 7.51. The van der Waals surface area contributed by atoms with Crippen molar-refractivity contribution in [2.24, 2.45) is 0 Å². The molecule has 0 spiro atoms. The number of carboxylic acid groups (broad SMARTS) is 2. The molecule has 1 aromatic carbocycles. The van der Waals surface area contributed by atoms with E-state index in [-0.39, 0.29) is 36.1 Å². The Morgan fingerprint density at radius 2 is 1.76 bits per heavy atom. The molecule has 0 bridgehead atoms. The highest BCUT2D eigenvalue weighted by atomic mass is 32.2. The van der Waals surface area contributed by atoms with E-state index >= 15 is 0 Å². The van der Waals surface area contributed by atoms with E-state index in [0.29, 0.717) is 38.3 Å². The zero-order valence-electron chi connectivity index (χ0n) is 28.3. The van der Waals surface area contributed by atoms with Crippen LogP contribution in [0.2, 0.25) is 0 Å². The van der Waals surface area contributed by atoms with Crippen LogP contribution in [0.1, 0.15) is 29.2 Å². The number of benzene rings is 1. The van der Waals surface area contributed by atoms with Crippen LogP contribution in [0.3, 0.4) is 0 Å². The highest BCUT2D eigenvalue weighted by Crippen LogP contribution is 2.33. The topological polar surface area (TPSA) is 241 Å². The second-order valence-corrected chi connectivity index (χ2v) is 12.6. The number of hydrogen-bond acceptors (Lipinski definition) is 11. The molecule has 2 atom stereocenters. The number of carbonyl (C=O) groups is 5. The SMILES string of the molecule is C=CC(=O)N(CCC1CNCCO1)C(=C)C(=O)NC(=C)C(=O)O.C=CC(=O)NC(=Cc1cc(C)cc(C2COCCN2C)c1S(=O)(=O)O)C(=O)O. The standard InChI is InChI=1S/C18H22N2O7S.C15H21N3O5/c1-4-16(21)19-14(18(22)23)9-12-7-11(2)8-13(17(12)28(24,25)26)15-10-27-6-5-20(15)3;1-4-13(19)18(7-5-12-9-16-6-8-23-12)11(3)14(20)17-10(2)15(21)22/h4,7-9,15H,1,5-6,10H2,2-3H3,(H,19,21)(H,22,23)(H,24,25,26);4,12,16H,1-3,5-9H2,(H,17,20)(H,21,22). The zero-order valence-corrected chi connectivity index (χ0v) is 29.2. The van der Waals surface area contributed by atoms with Crippen molar-refractivity contribution in [3.63, 3.8) is 0 Å². The minimum absolute atomic E-state index is 0.0572. The van der Waals surface area contributed by atoms with Crippen molar-refractivity contribution < 1.29 is 56.6 Å². The molecule has 2 heterocycles. The summed E-state index contributed by atoms with van der Waals surface area (Å²) in [5.41, 5.74) is -0.357. The molecule has 0 saturated carbocycles. The summed E-state index contributed by atoms with van der Waals surface area (Å²) in [4.78, 5) is 60.2. The Morgan fingerprint density at radius 1 is 1.08 bits per heavy atom. The van der Waals surface area contributed by atoms with Crippen LogP contribution in [-0.2, 0) is 43.6 Å². The van der Waals surface area contributed by atoms with Crippen LogP contribution < -0.4 is 16.0 Å². The highest BCUT2D eigenvalue weighted by Gasteiger charge is 2.30. The van der Waals surface area contributed by atoms with Gasteiger partial charge in [0, 0.05) is 26.2 Å². The molecule has 18 heteroatoms. The summed E-state index contributed by atoms with van der Waals surface area (Å²) in [6.45, 7) is 18.6. The Bertz CT molecular complexity index is 1700. The molecule has 0 aromatic heterocycles. The largest absolute Gasteiger partial charge is 0.477 e. The average molecular weight is 734 g/mol. The molecule has 0 radical (unpaired) electrons. The van der Waals surface area contributed by atoms with Crippen LogP contribution in [-0.4, -0.2) is 122 Å². The molecule has 0 aliphatic carbocycles. The lowest BCUT2D eigenvalue weighted by Gasteiger charge is -2.34. The predicted molar refractivity (Wildman–Crippen MR) is 184 cm³/mol. The number of likely N-dealkylation sites (N-methyl/N-ethyl adjacent to an activating group) is 1. The minimum Gasteiger partial charge on any atom is -0.477 e. The molecule has 3 amide bonds. The number of carbonyl (C=O) groups excluding carboxylic acids is 3. The molecule has 2 aliphatic heterocycles. The molecule has 51 heavy (non-hydrogen) atoms. The van der Waals surface area contributed by atoms with Crippen molar-refractivity contribution in [2.75, 3.05) is 53.0 Å². The van der Waals surface area contributed by atoms with Gasteiger partial charge in [0.1, 0.15) is 22.0 Å². The lowest BCUT2D eigenvalue weighted by Crippen LogP contribution is -2.43.